The van der Waals surface area contributed by atoms with Crippen molar-refractivity contribution in [3.05, 3.63) is 35.4 Å². The van der Waals surface area contributed by atoms with Crippen LogP contribution in [0.25, 0.3) is 0 Å². The first-order chi connectivity index (χ1) is 9.54. The van der Waals surface area contributed by atoms with Crippen molar-refractivity contribution in [3.63, 3.8) is 0 Å². The van der Waals surface area contributed by atoms with Crippen molar-refractivity contribution in [2.24, 2.45) is 11.5 Å². The summed E-state index contributed by atoms with van der Waals surface area (Å²) >= 11 is 0. The van der Waals surface area contributed by atoms with Gasteiger partial charge < -0.3 is 11.5 Å². The third-order valence-corrected chi connectivity index (χ3v) is 3.80. The maximum atomic E-state index is 11.9. The van der Waals surface area contributed by atoms with Gasteiger partial charge in [-0.25, -0.2) is 4.79 Å². The van der Waals surface area contributed by atoms with E-state index in [2.05, 4.69) is 11.4 Å². The number of carbonyl (C=O) groups excluding carboxylic acids is 2. The summed E-state index contributed by atoms with van der Waals surface area (Å²) in [6.45, 7) is 2.91. The predicted molar refractivity (Wildman–Crippen MR) is 75.8 cm³/mol. The van der Waals surface area contributed by atoms with Gasteiger partial charge in [0.1, 0.15) is 0 Å². The molecular formula is C14H20N4O2. The van der Waals surface area contributed by atoms with E-state index in [4.69, 9.17) is 11.5 Å². The lowest BCUT2D eigenvalue weighted by Gasteiger charge is -2.39. The molecule has 0 fully saturated rings. The van der Waals surface area contributed by atoms with Gasteiger partial charge in [0.05, 0.1) is 6.04 Å². The molecule has 3 amide bonds. The quantitative estimate of drug-likeness (QED) is 0.730. The topological polar surface area (TPSA) is 101 Å². The summed E-state index contributed by atoms with van der Waals surface area (Å²) in [5, 5.41) is 2.13. The zero-order chi connectivity index (χ0) is 14.7. The molecule has 0 bridgehead atoms. The van der Waals surface area contributed by atoms with Gasteiger partial charge in [-0.2, -0.15) is 0 Å². The molecular weight excluding hydrogens is 256 g/mol. The van der Waals surface area contributed by atoms with Crippen molar-refractivity contribution in [3.8, 4) is 0 Å². The van der Waals surface area contributed by atoms with E-state index >= 15 is 0 Å². The average molecular weight is 276 g/mol. The molecule has 1 aliphatic rings. The maximum Gasteiger partial charge on any atom is 0.318 e. The number of rotatable bonds is 3. The van der Waals surface area contributed by atoms with E-state index in [1.165, 1.54) is 5.56 Å². The zero-order valence-corrected chi connectivity index (χ0v) is 11.5. The molecule has 2 atom stereocenters. The van der Waals surface area contributed by atoms with Crippen LogP contribution in [0, 0.1) is 0 Å². The summed E-state index contributed by atoms with van der Waals surface area (Å²) in [4.78, 5) is 24.7. The third kappa shape index (κ3) is 2.81. The van der Waals surface area contributed by atoms with Crippen LogP contribution in [-0.2, 0) is 11.2 Å². The van der Waals surface area contributed by atoms with E-state index in [-0.39, 0.29) is 6.04 Å². The molecule has 0 saturated heterocycles. The average Bonchev–Trinajstić information content (AvgIpc) is 2.44. The fourth-order valence-electron chi connectivity index (χ4n) is 2.77. The van der Waals surface area contributed by atoms with Crippen molar-refractivity contribution in [1.82, 2.24) is 10.2 Å². The molecule has 0 radical (unpaired) electrons. The summed E-state index contributed by atoms with van der Waals surface area (Å²) < 4.78 is 0. The van der Waals surface area contributed by atoms with E-state index in [9.17, 15) is 9.59 Å². The molecule has 1 aromatic carbocycles. The van der Waals surface area contributed by atoms with Gasteiger partial charge in [0.2, 0.25) is 5.91 Å². The van der Waals surface area contributed by atoms with Crippen molar-refractivity contribution in [2.75, 3.05) is 13.1 Å². The summed E-state index contributed by atoms with van der Waals surface area (Å²) in [6, 6.07) is 6.80. The van der Waals surface area contributed by atoms with Gasteiger partial charge in [0.25, 0.3) is 0 Å². The van der Waals surface area contributed by atoms with Crippen LogP contribution in [-0.4, -0.2) is 36.0 Å². The van der Waals surface area contributed by atoms with Gasteiger partial charge in [-0.05, 0) is 24.5 Å². The minimum atomic E-state index is -0.830. The van der Waals surface area contributed by atoms with Gasteiger partial charge in [-0.15, -0.1) is 0 Å². The maximum absolute atomic E-state index is 11.9. The Balaban J connectivity index is 2.21. The number of hydrogen-bond donors (Lipinski definition) is 3. The predicted octanol–water partition coefficient (Wildman–Crippen LogP) is 0.128. The van der Waals surface area contributed by atoms with Gasteiger partial charge >= 0.3 is 6.03 Å². The fraction of sp³-hybridized carbons (Fsp3) is 0.429. The highest BCUT2D eigenvalue weighted by Crippen LogP contribution is 2.30. The normalized spacial score (nSPS) is 20.0. The van der Waals surface area contributed by atoms with E-state index in [0.717, 1.165) is 18.5 Å². The van der Waals surface area contributed by atoms with Crippen LogP contribution in [0.2, 0.25) is 0 Å². The number of urea groups is 1. The second-order valence-electron chi connectivity index (χ2n) is 4.97. The van der Waals surface area contributed by atoms with Crippen LogP contribution in [0.3, 0.4) is 0 Å². The molecule has 0 aromatic heterocycles. The number of amides is 3. The highest BCUT2D eigenvalue weighted by atomic mass is 16.2. The molecule has 6 heteroatoms. The van der Waals surface area contributed by atoms with E-state index in [0.29, 0.717) is 6.54 Å². The fourth-order valence-corrected chi connectivity index (χ4v) is 2.77. The highest BCUT2D eigenvalue weighted by molar-refractivity contribution is 5.96. The molecule has 0 saturated carbocycles. The third-order valence-electron chi connectivity index (χ3n) is 3.80. The van der Waals surface area contributed by atoms with E-state index in [1.807, 2.05) is 23.1 Å². The zero-order valence-electron chi connectivity index (χ0n) is 11.5. The Morgan fingerprint density at radius 1 is 1.45 bits per heavy atom. The van der Waals surface area contributed by atoms with Crippen LogP contribution in [0.15, 0.2) is 24.3 Å². The van der Waals surface area contributed by atoms with Crippen LogP contribution in [0.1, 0.15) is 24.1 Å². The first-order valence-corrected chi connectivity index (χ1v) is 6.68. The Hall–Kier alpha value is -1.92. The molecule has 1 aromatic rings. The number of nitrogens with zero attached hydrogens (tertiary/aromatic N) is 1. The van der Waals surface area contributed by atoms with Crippen molar-refractivity contribution in [2.45, 2.75) is 25.4 Å². The molecule has 2 rings (SSSR count). The second kappa shape index (κ2) is 6.02. The van der Waals surface area contributed by atoms with E-state index in [1.54, 1.807) is 6.92 Å². The Morgan fingerprint density at radius 3 is 2.80 bits per heavy atom. The van der Waals surface area contributed by atoms with Crippen LogP contribution < -0.4 is 16.8 Å². The molecule has 1 heterocycles. The number of nitrogens with two attached hydrogens (primary N) is 2. The van der Waals surface area contributed by atoms with Gasteiger partial charge in [-0.3, -0.25) is 15.0 Å². The summed E-state index contributed by atoms with van der Waals surface area (Å²) in [5.74, 6) is -0.393. The smallest absolute Gasteiger partial charge is 0.318 e. The number of primary amides is 1. The molecule has 0 spiro atoms. The largest absolute Gasteiger partial charge is 0.351 e. The van der Waals surface area contributed by atoms with Crippen LogP contribution >= 0.6 is 0 Å². The van der Waals surface area contributed by atoms with Gasteiger partial charge in [0, 0.05) is 19.1 Å². The van der Waals surface area contributed by atoms with Crippen molar-refractivity contribution < 1.29 is 9.59 Å². The van der Waals surface area contributed by atoms with Crippen molar-refractivity contribution in [1.29, 1.82) is 0 Å². The number of imide groups is 1. The number of nitrogens with one attached hydrogen (secondary N) is 1. The lowest BCUT2D eigenvalue weighted by Crippen LogP contribution is -2.52. The Labute approximate surface area is 118 Å². The van der Waals surface area contributed by atoms with Crippen LogP contribution in [0.4, 0.5) is 4.79 Å². The standard InChI is InChI=1S/C14H20N4O2/c1-9(13(19)17-14(16)20)18-7-6-10-4-2-3-5-11(10)12(18)8-15/h2-5,9,12H,6-8,15H2,1H3,(H3,16,17,19,20). The molecule has 0 aliphatic carbocycles. The van der Waals surface area contributed by atoms with Crippen molar-refractivity contribution >= 4 is 11.9 Å². The number of fused-ring (bicyclic) bond motifs is 1. The minimum Gasteiger partial charge on any atom is -0.351 e. The summed E-state index contributed by atoms with van der Waals surface area (Å²) in [7, 11) is 0. The number of hydrogen-bond acceptors (Lipinski definition) is 4. The SMILES string of the molecule is CC(C(=O)NC(N)=O)N1CCc2ccccc2C1CN. The second-order valence-corrected chi connectivity index (χ2v) is 4.97. The Bertz CT molecular complexity index is 518. The lowest BCUT2D eigenvalue weighted by atomic mass is 9.91. The van der Waals surface area contributed by atoms with Crippen LogP contribution in [0.5, 0.6) is 0 Å². The van der Waals surface area contributed by atoms with Gasteiger partial charge in [0.15, 0.2) is 0 Å². The molecule has 20 heavy (non-hydrogen) atoms. The first kappa shape index (κ1) is 14.5. The monoisotopic (exact) mass is 276 g/mol. The number of carbonyl (C=O) groups is 2. The Morgan fingerprint density at radius 2 is 2.15 bits per heavy atom. The van der Waals surface area contributed by atoms with E-state index < -0.39 is 18.0 Å². The summed E-state index contributed by atoms with van der Waals surface area (Å²) in [6.07, 6.45) is 0.862. The number of benzene rings is 1. The highest BCUT2D eigenvalue weighted by Gasteiger charge is 2.32. The molecule has 108 valence electrons. The molecule has 6 nitrogen and oxygen atoms in total. The molecule has 1 aliphatic heterocycles. The first-order valence-electron chi connectivity index (χ1n) is 6.68. The lowest BCUT2D eigenvalue weighted by molar-refractivity contribution is -0.125. The minimum absolute atomic E-state index is 0.0198. The van der Waals surface area contributed by atoms with Gasteiger partial charge in [-0.1, -0.05) is 24.3 Å². The Kier molecular flexibility index (Phi) is 4.36. The summed E-state index contributed by atoms with van der Waals surface area (Å²) in [5.41, 5.74) is 13.3. The molecule has 5 N–H and O–H groups in total. The molecule has 2 unspecified atom stereocenters.